The normalized spacial score (nSPS) is 15.3. The van der Waals surface area contributed by atoms with E-state index in [0.29, 0.717) is 0 Å². The Morgan fingerprint density at radius 3 is 1.08 bits per heavy atom. The van der Waals surface area contributed by atoms with E-state index in [-0.39, 0.29) is 21.7 Å². The van der Waals surface area contributed by atoms with Gasteiger partial charge in [0.25, 0.3) is 0 Å². The number of benzene rings is 6. The molecule has 0 N–H and O–H groups in total. The van der Waals surface area contributed by atoms with Crippen LogP contribution in [-0.2, 0) is 53.8 Å². The summed E-state index contributed by atoms with van der Waals surface area (Å²) >= 11 is 0. The monoisotopic (exact) mass is 644 g/mol. The quantitative estimate of drug-likeness (QED) is 0.144. The van der Waals surface area contributed by atoms with Gasteiger partial charge in [0.15, 0.2) is 0 Å². The molecule has 8 rings (SSSR count). The fourth-order valence-electron chi connectivity index (χ4n) is 9.15. The highest BCUT2D eigenvalue weighted by molar-refractivity contribution is 6.26. The lowest BCUT2D eigenvalue weighted by Crippen LogP contribution is -2.15. The van der Waals surface area contributed by atoms with Crippen LogP contribution in [0, 0.1) is 0 Å². The number of fused-ring (bicyclic) bond motifs is 1. The van der Waals surface area contributed by atoms with Gasteiger partial charge in [-0.15, -0.1) is 0 Å². The second-order valence-electron chi connectivity index (χ2n) is 19.7. The van der Waals surface area contributed by atoms with Crippen LogP contribution in [-0.4, -0.2) is 0 Å². The Morgan fingerprint density at radius 1 is 0.367 bits per heavy atom. The molecule has 6 aromatic carbocycles. The van der Waals surface area contributed by atoms with E-state index in [9.17, 15) is 0 Å². The van der Waals surface area contributed by atoms with Crippen molar-refractivity contribution >= 4 is 32.3 Å². The van der Waals surface area contributed by atoms with Crippen LogP contribution >= 0.6 is 0 Å². The van der Waals surface area contributed by atoms with Crippen LogP contribution in [0.1, 0.15) is 139 Å². The van der Waals surface area contributed by atoms with Gasteiger partial charge < -0.3 is 0 Å². The highest BCUT2D eigenvalue weighted by atomic mass is 14.3. The maximum Gasteiger partial charge on any atom is -0.000797 e. The van der Waals surface area contributed by atoms with Gasteiger partial charge in [-0.1, -0.05) is 132 Å². The number of rotatable bonds is 0. The summed E-state index contributed by atoms with van der Waals surface area (Å²) in [6.07, 6.45) is 5.28. The molecule has 0 atom stereocenters. The van der Waals surface area contributed by atoms with Gasteiger partial charge in [-0.2, -0.15) is 0 Å². The minimum absolute atomic E-state index is 0.0415. The Balaban J connectivity index is 1.50. The van der Waals surface area contributed by atoms with E-state index in [1.165, 1.54) is 76.8 Å². The largest absolute Gasteiger partial charge is 0.0578 e. The molecule has 0 radical (unpaired) electrons. The third-order valence-corrected chi connectivity index (χ3v) is 12.1. The first-order chi connectivity index (χ1) is 22.8. The fraction of sp³-hybridized carbons (Fsp3) is 0.429. The maximum absolute atomic E-state index is 2.59. The number of hydrogen-bond donors (Lipinski definition) is 0. The number of aryl methyl sites for hydroxylation is 4. The maximum atomic E-state index is 2.59. The second kappa shape index (κ2) is 10.4. The van der Waals surface area contributed by atoms with E-state index in [0.717, 1.165) is 32.1 Å². The van der Waals surface area contributed by atoms with Crippen LogP contribution in [0.4, 0.5) is 0 Å². The summed E-state index contributed by atoms with van der Waals surface area (Å²) in [7, 11) is 0. The van der Waals surface area contributed by atoms with Crippen molar-refractivity contribution in [2.75, 3.05) is 0 Å². The first-order valence-corrected chi connectivity index (χ1v) is 18.9. The van der Waals surface area contributed by atoms with E-state index < -0.39 is 0 Å². The van der Waals surface area contributed by atoms with Gasteiger partial charge in [0.1, 0.15) is 0 Å². The minimum Gasteiger partial charge on any atom is -0.0578 e. The van der Waals surface area contributed by atoms with Crippen molar-refractivity contribution < 1.29 is 0 Å². The standard InChI is InChI=1S/C49H56/c1-46(2,3)32-21-30-15-13-28-17-19-34-43(49(10,11)12)27-39-29(18-20-35-42(48(7,8)9)26-38(28)44(34)45(35)39)14-16-31-22-33(47(4,5)6)24-41-37(31)25-36(30)40(41)23-32/h17-24,26-27H,13-16,25H2,1-12H3. The van der Waals surface area contributed by atoms with Gasteiger partial charge >= 0.3 is 0 Å². The molecule has 0 aliphatic heterocycles. The van der Waals surface area contributed by atoms with Crippen molar-refractivity contribution in [3.8, 4) is 11.1 Å². The summed E-state index contributed by atoms with van der Waals surface area (Å²) in [4.78, 5) is 0. The predicted octanol–water partition coefficient (Wildman–Crippen LogP) is 13.2. The van der Waals surface area contributed by atoms with Crippen molar-refractivity contribution in [2.45, 2.75) is 137 Å². The second-order valence-corrected chi connectivity index (χ2v) is 19.7. The predicted molar refractivity (Wildman–Crippen MR) is 214 cm³/mol. The van der Waals surface area contributed by atoms with Gasteiger partial charge in [-0.05, 0) is 165 Å². The molecule has 0 heteroatoms. The molecule has 8 bridgehead atoms. The first-order valence-electron chi connectivity index (χ1n) is 18.9. The van der Waals surface area contributed by atoms with Gasteiger partial charge in [0.2, 0.25) is 0 Å². The Bertz CT molecular complexity index is 2150. The molecule has 0 heterocycles. The van der Waals surface area contributed by atoms with Gasteiger partial charge in [-0.3, -0.25) is 0 Å². The molecule has 0 saturated heterocycles. The van der Waals surface area contributed by atoms with Crippen LogP contribution in [0.15, 0.2) is 60.7 Å². The summed E-state index contributed by atoms with van der Waals surface area (Å²) in [6, 6.07) is 25.4. The van der Waals surface area contributed by atoms with Crippen molar-refractivity contribution in [3.05, 3.63) is 116 Å². The van der Waals surface area contributed by atoms with E-state index in [2.05, 4.69) is 144 Å². The van der Waals surface area contributed by atoms with Crippen LogP contribution in [0.3, 0.4) is 0 Å². The molecule has 0 fully saturated rings. The number of hydrogen-bond acceptors (Lipinski definition) is 0. The highest BCUT2D eigenvalue weighted by Crippen LogP contribution is 2.48. The molecule has 49 heavy (non-hydrogen) atoms. The van der Waals surface area contributed by atoms with Crippen LogP contribution in [0.5, 0.6) is 0 Å². The summed E-state index contributed by atoms with van der Waals surface area (Å²) in [6.45, 7) is 28.7. The Labute approximate surface area is 295 Å². The van der Waals surface area contributed by atoms with Crippen molar-refractivity contribution in [1.82, 2.24) is 0 Å². The van der Waals surface area contributed by atoms with Crippen molar-refractivity contribution in [3.63, 3.8) is 0 Å². The molecule has 0 spiro atoms. The molecule has 2 aliphatic rings. The van der Waals surface area contributed by atoms with Crippen molar-refractivity contribution in [2.24, 2.45) is 0 Å². The zero-order valence-corrected chi connectivity index (χ0v) is 32.3. The Morgan fingerprint density at radius 2 is 0.735 bits per heavy atom. The van der Waals surface area contributed by atoms with E-state index >= 15 is 0 Å². The van der Waals surface area contributed by atoms with E-state index in [1.807, 2.05) is 0 Å². The molecule has 2 aliphatic carbocycles. The summed E-state index contributed by atoms with van der Waals surface area (Å²) in [5, 5.41) is 8.81. The molecule has 0 amide bonds. The zero-order chi connectivity index (χ0) is 35.0. The van der Waals surface area contributed by atoms with Gasteiger partial charge in [0, 0.05) is 0 Å². The molecule has 0 unspecified atom stereocenters. The lowest BCUT2D eigenvalue weighted by Gasteiger charge is -2.29. The molecular formula is C49H56. The van der Waals surface area contributed by atoms with Crippen molar-refractivity contribution in [1.29, 1.82) is 0 Å². The molecule has 6 aromatic rings. The van der Waals surface area contributed by atoms with Gasteiger partial charge in [-0.25, -0.2) is 0 Å². The van der Waals surface area contributed by atoms with Gasteiger partial charge in [0.05, 0.1) is 0 Å². The lowest BCUT2D eigenvalue weighted by atomic mass is 9.75. The molecule has 0 nitrogen and oxygen atoms in total. The van der Waals surface area contributed by atoms with Crippen LogP contribution in [0.2, 0.25) is 0 Å². The molecular weight excluding hydrogens is 589 g/mol. The average molecular weight is 645 g/mol. The summed E-state index contributed by atoms with van der Waals surface area (Å²) in [5.41, 5.74) is 18.4. The topological polar surface area (TPSA) is 0 Å². The summed E-state index contributed by atoms with van der Waals surface area (Å²) < 4.78 is 0. The minimum atomic E-state index is 0.0415. The Hall–Kier alpha value is -3.64. The molecule has 0 saturated carbocycles. The third kappa shape index (κ3) is 5.15. The average Bonchev–Trinajstić information content (AvgIpc) is 3.38. The third-order valence-electron chi connectivity index (χ3n) is 12.1. The SMILES string of the molecule is CC(C)(C)c1cc2c3c(c1)-c1cc(C(C)(C)C)cc(c1C3)CCc1ccc3c(C(C)(C)C)cc4c(ccc5c(C(C)(C)C)cc1c3c45)CC2. The van der Waals surface area contributed by atoms with Crippen LogP contribution < -0.4 is 0 Å². The highest BCUT2D eigenvalue weighted by Gasteiger charge is 2.31. The zero-order valence-electron chi connectivity index (χ0n) is 32.3. The Kier molecular flexibility index (Phi) is 6.94. The van der Waals surface area contributed by atoms with E-state index in [4.69, 9.17) is 0 Å². The first kappa shape index (κ1) is 32.6. The molecule has 0 aromatic heterocycles. The smallest absolute Gasteiger partial charge is 0.000797 e. The fourth-order valence-corrected chi connectivity index (χ4v) is 9.15. The summed E-state index contributed by atoms with van der Waals surface area (Å²) in [5.74, 6) is 0. The van der Waals surface area contributed by atoms with E-state index in [1.54, 1.807) is 22.3 Å². The molecule has 252 valence electrons. The van der Waals surface area contributed by atoms with Crippen LogP contribution in [0.25, 0.3) is 43.4 Å². The lowest BCUT2D eigenvalue weighted by molar-refractivity contribution is 0.588.